The Bertz CT molecular complexity index is 210. The number of nitrogens with zero attached hydrogens (tertiary/aromatic N) is 2. The summed E-state index contributed by atoms with van der Waals surface area (Å²) in [6, 6.07) is 0. The van der Waals surface area contributed by atoms with Crippen molar-refractivity contribution in [2.45, 2.75) is 19.3 Å². The lowest BCUT2D eigenvalue weighted by atomic mass is 9.96. The van der Waals surface area contributed by atoms with Gasteiger partial charge in [0.05, 0.1) is 0 Å². The van der Waals surface area contributed by atoms with Crippen LogP contribution in [0.2, 0.25) is 0 Å². The van der Waals surface area contributed by atoms with Gasteiger partial charge in [-0.2, -0.15) is 0 Å². The minimum absolute atomic E-state index is 0.316. The first kappa shape index (κ1) is 13.5. The number of carbonyl (C=O) groups is 1. The second-order valence-corrected chi connectivity index (χ2v) is 4.94. The Kier molecular flexibility index (Phi) is 5.77. The zero-order valence-corrected chi connectivity index (χ0v) is 10.8. The molecule has 0 aromatic heterocycles. The Balaban J connectivity index is 2.22. The molecular formula is C12H25N3O. The fourth-order valence-electron chi connectivity index (χ4n) is 2.15. The quantitative estimate of drug-likeness (QED) is 0.738. The minimum atomic E-state index is 0.316. The van der Waals surface area contributed by atoms with Crippen LogP contribution < -0.4 is 5.32 Å². The van der Waals surface area contributed by atoms with Crippen LogP contribution in [0.4, 0.5) is 0 Å². The van der Waals surface area contributed by atoms with E-state index in [9.17, 15) is 4.79 Å². The number of nitrogens with one attached hydrogen (secondary N) is 1. The lowest BCUT2D eigenvalue weighted by Crippen LogP contribution is -2.41. The molecule has 16 heavy (non-hydrogen) atoms. The van der Waals surface area contributed by atoms with Gasteiger partial charge in [-0.05, 0) is 46.4 Å². The first-order chi connectivity index (χ1) is 7.63. The normalized spacial score (nSPS) is 18.1. The Morgan fingerprint density at radius 1 is 1.38 bits per heavy atom. The molecule has 94 valence electrons. The van der Waals surface area contributed by atoms with E-state index >= 15 is 0 Å². The van der Waals surface area contributed by atoms with E-state index in [4.69, 9.17) is 0 Å². The molecule has 0 aliphatic carbocycles. The summed E-state index contributed by atoms with van der Waals surface area (Å²) < 4.78 is 0. The van der Waals surface area contributed by atoms with Gasteiger partial charge in [0, 0.05) is 26.1 Å². The third-order valence-corrected chi connectivity index (χ3v) is 3.23. The van der Waals surface area contributed by atoms with Crippen LogP contribution in [0.15, 0.2) is 0 Å². The number of likely N-dealkylation sites (tertiary alicyclic amines) is 1. The van der Waals surface area contributed by atoms with Gasteiger partial charge in [0.1, 0.15) is 0 Å². The van der Waals surface area contributed by atoms with Crippen molar-refractivity contribution in [1.29, 1.82) is 0 Å². The van der Waals surface area contributed by atoms with Crippen molar-refractivity contribution in [1.82, 2.24) is 15.1 Å². The number of amides is 1. The smallest absolute Gasteiger partial charge is 0.223 e. The molecule has 0 radical (unpaired) electrons. The summed E-state index contributed by atoms with van der Waals surface area (Å²) in [5.74, 6) is 1.07. The number of piperidine rings is 1. The Morgan fingerprint density at radius 3 is 2.50 bits per heavy atom. The summed E-state index contributed by atoms with van der Waals surface area (Å²) in [6.45, 7) is 3.83. The Hall–Kier alpha value is -0.610. The largest absolute Gasteiger partial charge is 0.343 e. The van der Waals surface area contributed by atoms with Crippen LogP contribution in [-0.4, -0.2) is 63.0 Å². The van der Waals surface area contributed by atoms with Gasteiger partial charge < -0.3 is 15.1 Å². The molecule has 0 atom stereocenters. The van der Waals surface area contributed by atoms with Crippen molar-refractivity contribution in [3.05, 3.63) is 0 Å². The molecule has 1 aliphatic rings. The van der Waals surface area contributed by atoms with Crippen LogP contribution in [0.1, 0.15) is 19.3 Å². The highest BCUT2D eigenvalue weighted by molar-refractivity contribution is 5.76. The number of hydrogen-bond acceptors (Lipinski definition) is 3. The Morgan fingerprint density at radius 2 is 2.00 bits per heavy atom. The molecule has 4 heteroatoms. The monoisotopic (exact) mass is 227 g/mol. The molecule has 0 unspecified atom stereocenters. The molecule has 0 aromatic rings. The van der Waals surface area contributed by atoms with Gasteiger partial charge in [-0.25, -0.2) is 0 Å². The Labute approximate surface area is 99.0 Å². The van der Waals surface area contributed by atoms with Gasteiger partial charge in [0.15, 0.2) is 0 Å². The van der Waals surface area contributed by atoms with E-state index < -0.39 is 0 Å². The fraction of sp³-hybridized carbons (Fsp3) is 0.917. The van der Waals surface area contributed by atoms with Crippen LogP contribution in [0.3, 0.4) is 0 Å². The summed E-state index contributed by atoms with van der Waals surface area (Å²) in [5, 5.41) is 3.21. The molecule has 0 spiro atoms. The van der Waals surface area contributed by atoms with Gasteiger partial charge >= 0.3 is 0 Å². The van der Waals surface area contributed by atoms with Gasteiger partial charge in [0.25, 0.3) is 0 Å². The summed E-state index contributed by atoms with van der Waals surface area (Å²) in [5.41, 5.74) is 0. The predicted octanol–water partition coefficient (Wildman–Crippen LogP) is 0.396. The van der Waals surface area contributed by atoms with Gasteiger partial charge in [0.2, 0.25) is 5.91 Å². The minimum Gasteiger partial charge on any atom is -0.343 e. The fourth-order valence-corrected chi connectivity index (χ4v) is 2.15. The third kappa shape index (κ3) is 4.49. The summed E-state index contributed by atoms with van der Waals surface area (Å²) in [4.78, 5) is 15.9. The maximum absolute atomic E-state index is 11.9. The molecule has 1 aliphatic heterocycles. The zero-order valence-electron chi connectivity index (χ0n) is 10.8. The molecule has 1 heterocycles. The number of hydrogen-bond donors (Lipinski definition) is 1. The lowest BCUT2D eigenvalue weighted by Gasteiger charge is -2.32. The van der Waals surface area contributed by atoms with Crippen LogP contribution in [0.5, 0.6) is 0 Å². The van der Waals surface area contributed by atoms with Crippen molar-refractivity contribution >= 4 is 5.91 Å². The molecule has 1 saturated heterocycles. The number of rotatable bonds is 5. The van der Waals surface area contributed by atoms with E-state index in [2.05, 4.69) is 10.2 Å². The van der Waals surface area contributed by atoms with Crippen molar-refractivity contribution in [2.24, 2.45) is 5.92 Å². The average Bonchev–Trinajstić information content (AvgIpc) is 2.27. The molecule has 1 fully saturated rings. The van der Waals surface area contributed by atoms with Crippen LogP contribution in [0, 0.1) is 5.92 Å². The topological polar surface area (TPSA) is 35.6 Å². The van der Waals surface area contributed by atoms with E-state index in [0.717, 1.165) is 44.9 Å². The molecule has 0 aromatic carbocycles. The highest BCUT2D eigenvalue weighted by Crippen LogP contribution is 2.16. The van der Waals surface area contributed by atoms with E-state index in [-0.39, 0.29) is 0 Å². The molecule has 4 nitrogen and oxygen atoms in total. The lowest BCUT2D eigenvalue weighted by molar-refractivity contribution is -0.132. The third-order valence-electron chi connectivity index (χ3n) is 3.23. The molecule has 0 saturated carbocycles. The van der Waals surface area contributed by atoms with Crippen molar-refractivity contribution < 1.29 is 4.79 Å². The predicted molar refractivity (Wildman–Crippen MR) is 66.4 cm³/mol. The standard InChI is InChI=1S/C12H25N3O/c1-13-10-11-4-8-15(9-5-11)12(16)6-7-14(2)3/h11,13H,4-10H2,1-3H3. The average molecular weight is 227 g/mol. The van der Waals surface area contributed by atoms with Crippen LogP contribution in [0.25, 0.3) is 0 Å². The van der Waals surface area contributed by atoms with Crippen molar-refractivity contribution in [3.8, 4) is 0 Å². The first-order valence-electron chi connectivity index (χ1n) is 6.20. The van der Waals surface area contributed by atoms with Gasteiger partial charge in [-0.15, -0.1) is 0 Å². The summed E-state index contributed by atoms with van der Waals surface area (Å²) >= 11 is 0. The van der Waals surface area contributed by atoms with Crippen molar-refractivity contribution in [3.63, 3.8) is 0 Å². The molecule has 0 bridgehead atoms. The SMILES string of the molecule is CNCC1CCN(C(=O)CCN(C)C)CC1. The second-order valence-electron chi connectivity index (χ2n) is 4.94. The van der Waals surface area contributed by atoms with Crippen molar-refractivity contribution in [2.75, 3.05) is 47.3 Å². The van der Waals surface area contributed by atoms with Gasteiger partial charge in [-0.1, -0.05) is 0 Å². The van der Waals surface area contributed by atoms with E-state index in [1.165, 1.54) is 0 Å². The van der Waals surface area contributed by atoms with Gasteiger partial charge in [-0.3, -0.25) is 4.79 Å². The highest BCUT2D eigenvalue weighted by atomic mass is 16.2. The highest BCUT2D eigenvalue weighted by Gasteiger charge is 2.21. The van der Waals surface area contributed by atoms with Crippen LogP contribution >= 0.6 is 0 Å². The number of carbonyl (C=O) groups excluding carboxylic acids is 1. The second kappa shape index (κ2) is 6.86. The van der Waals surface area contributed by atoms with Crippen LogP contribution in [-0.2, 0) is 4.79 Å². The maximum atomic E-state index is 11.9. The summed E-state index contributed by atoms with van der Waals surface area (Å²) in [7, 11) is 6.01. The summed E-state index contributed by atoms with van der Waals surface area (Å²) in [6.07, 6.45) is 2.95. The molecule has 1 rings (SSSR count). The molecule has 1 amide bonds. The first-order valence-corrected chi connectivity index (χ1v) is 6.20. The molecule has 1 N–H and O–H groups in total. The van der Waals surface area contributed by atoms with E-state index in [1.807, 2.05) is 26.0 Å². The zero-order chi connectivity index (χ0) is 12.0. The maximum Gasteiger partial charge on any atom is 0.223 e. The van der Waals surface area contributed by atoms with E-state index in [0.29, 0.717) is 12.3 Å². The van der Waals surface area contributed by atoms with E-state index in [1.54, 1.807) is 0 Å². The molecular weight excluding hydrogens is 202 g/mol.